The average molecular weight is 452 g/mol. The summed E-state index contributed by atoms with van der Waals surface area (Å²) in [4.78, 5) is 16.1. The third kappa shape index (κ3) is 2.21. The molecule has 6 heteroatoms. The molecule has 0 amide bonds. The standard InChI is InChI=1S/C27H33NO5/c1-4-32-23(29)18-14-25-9-10-27(18,31-3)24-26(25)11-12-28(15-16-5-6-16)20(25)13-17-7-8-19(30-2)22(33-24)21(17)26/h7-10,16,18,20,24H,4-6,11-15H2,1-3H3/t18-,20-,24-,25+,26+,27+/m1/s1. The highest BCUT2D eigenvalue weighted by atomic mass is 16.6. The molecular formula is C27H33NO5. The van der Waals surface area contributed by atoms with Gasteiger partial charge >= 0.3 is 5.97 Å². The predicted octanol–water partition coefficient (Wildman–Crippen LogP) is 3.26. The van der Waals surface area contributed by atoms with Crippen molar-refractivity contribution in [3.63, 3.8) is 0 Å². The summed E-state index contributed by atoms with van der Waals surface area (Å²) >= 11 is 0. The third-order valence-corrected chi connectivity index (χ3v) is 9.88. The average Bonchev–Trinajstić information content (AvgIpc) is 3.57. The molecule has 2 heterocycles. The zero-order chi connectivity index (χ0) is 22.6. The molecule has 3 fully saturated rings. The van der Waals surface area contributed by atoms with Crippen molar-refractivity contribution < 1.29 is 23.7 Å². The van der Waals surface area contributed by atoms with Crippen LogP contribution < -0.4 is 9.47 Å². The van der Waals surface area contributed by atoms with Crippen molar-refractivity contribution >= 4 is 5.97 Å². The highest BCUT2D eigenvalue weighted by Gasteiger charge is 2.80. The van der Waals surface area contributed by atoms with Crippen molar-refractivity contribution in [3.8, 4) is 11.5 Å². The van der Waals surface area contributed by atoms with Gasteiger partial charge < -0.3 is 18.9 Å². The molecule has 1 aromatic rings. The van der Waals surface area contributed by atoms with Gasteiger partial charge in [-0.3, -0.25) is 9.69 Å². The Kier molecular flexibility index (Phi) is 4.03. The smallest absolute Gasteiger partial charge is 0.312 e. The van der Waals surface area contributed by atoms with E-state index >= 15 is 0 Å². The number of carbonyl (C=O) groups is 1. The second-order valence-corrected chi connectivity index (χ2v) is 10.9. The zero-order valence-corrected chi connectivity index (χ0v) is 19.8. The number of methoxy groups -OCH3 is 2. The first-order valence-electron chi connectivity index (χ1n) is 12.6. The topological polar surface area (TPSA) is 57.2 Å². The maximum Gasteiger partial charge on any atom is 0.312 e. The van der Waals surface area contributed by atoms with Crippen LogP contribution in [0.25, 0.3) is 0 Å². The van der Waals surface area contributed by atoms with E-state index in [1.54, 1.807) is 14.2 Å². The lowest BCUT2D eigenvalue weighted by Gasteiger charge is -2.70. The molecule has 2 spiro atoms. The van der Waals surface area contributed by atoms with Crippen LogP contribution in [0.2, 0.25) is 0 Å². The van der Waals surface area contributed by atoms with Crippen LogP contribution >= 0.6 is 0 Å². The third-order valence-electron chi connectivity index (χ3n) is 9.88. The maximum atomic E-state index is 13.4. The summed E-state index contributed by atoms with van der Waals surface area (Å²) in [6.45, 7) is 4.48. The first-order chi connectivity index (χ1) is 16.0. The first kappa shape index (κ1) is 20.3. The van der Waals surface area contributed by atoms with E-state index in [-0.39, 0.29) is 28.8 Å². The van der Waals surface area contributed by atoms with Crippen LogP contribution in [0.15, 0.2) is 24.3 Å². The molecular weight excluding hydrogens is 418 g/mol. The van der Waals surface area contributed by atoms with Gasteiger partial charge in [0.25, 0.3) is 0 Å². The second-order valence-electron chi connectivity index (χ2n) is 10.9. The minimum absolute atomic E-state index is 0.165. The van der Waals surface area contributed by atoms with Crippen molar-refractivity contribution in [1.82, 2.24) is 4.90 Å². The van der Waals surface area contributed by atoms with E-state index < -0.39 is 5.60 Å². The van der Waals surface area contributed by atoms with Crippen LogP contribution in [0.5, 0.6) is 11.5 Å². The van der Waals surface area contributed by atoms with Crippen LogP contribution in [0.1, 0.15) is 43.7 Å². The molecule has 7 aliphatic rings. The van der Waals surface area contributed by atoms with Gasteiger partial charge in [-0.25, -0.2) is 0 Å². The largest absolute Gasteiger partial charge is 0.493 e. The number of hydrogen-bond donors (Lipinski definition) is 0. The van der Waals surface area contributed by atoms with Crippen molar-refractivity contribution in [3.05, 3.63) is 35.4 Å². The molecule has 8 rings (SSSR count). The van der Waals surface area contributed by atoms with Gasteiger partial charge in [0.1, 0.15) is 11.7 Å². The Morgan fingerprint density at radius 1 is 1.24 bits per heavy atom. The molecule has 1 aromatic carbocycles. The molecule has 2 saturated carbocycles. The Morgan fingerprint density at radius 2 is 2.09 bits per heavy atom. The molecule has 5 aliphatic carbocycles. The van der Waals surface area contributed by atoms with Gasteiger partial charge in [-0.2, -0.15) is 0 Å². The molecule has 0 aromatic heterocycles. The SMILES string of the molecule is CCOC(=O)[C@H]1C[C@]23C=C[C@@]1(OC)[C@@H]1Oc4c(OC)ccc5c4[C@@]12CCN(CC1CC1)[C@@H]3C5. The monoisotopic (exact) mass is 451 g/mol. The van der Waals surface area contributed by atoms with Gasteiger partial charge in [-0.15, -0.1) is 0 Å². The predicted molar refractivity (Wildman–Crippen MR) is 122 cm³/mol. The Balaban J connectivity index is 1.47. The van der Waals surface area contributed by atoms with Crippen molar-refractivity contribution in [2.45, 2.75) is 62.2 Å². The fourth-order valence-corrected chi connectivity index (χ4v) is 8.44. The van der Waals surface area contributed by atoms with E-state index in [4.69, 9.17) is 18.9 Å². The van der Waals surface area contributed by atoms with E-state index in [1.165, 1.54) is 30.5 Å². The minimum atomic E-state index is -0.837. The number of likely N-dealkylation sites (tertiary alicyclic amines) is 1. The summed E-state index contributed by atoms with van der Waals surface area (Å²) in [6, 6.07) is 4.66. The molecule has 6 atom stereocenters. The van der Waals surface area contributed by atoms with Gasteiger partial charge in [-0.1, -0.05) is 18.2 Å². The zero-order valence-electron chi connectivity index (χ0n) is 19.8. The van der Waals surface area contributed by atoms with Gasteiger partial charge in [0.15, 0.2) is 11.5 Å². The number of fused-ring (bicyclic) bond motifs is 1. The fourth-order valence-electron chi connectivity index (χ4n) is 8.44. The Morgan fingerprint density at radius 3 is 2.82 bits per heavy atom. The maximum absolute atomic E-state index is 13.4. The highest BCUT2D eigenvalue weighted by molar-refractivity contribution is 5.78. The number of ether oxygens (including phenoxy) is 4. The molecule has 6 nitrogen and oxygen atoms in total. The van der Waals surface area contributed by atoms with E-state index in [1.807, 2.05) is 6.92 Å². The molecule has 0 radical (unpaired) electrons. The lowest BCUT2D eigenvalue weighted by Crippen LogP contribution is -2.80. The molecule has 33 heavy (non-hydrogen) atoms. The normalized spacial score (nSPS) is 41.5. The lowest BCUT2D eigenvalue weighted by atomic mass is 9.37. The molecule has 176 valence electrons. The summed E-state index contributed by atoms with van der Waals surface area (Å²) in [6.07, 6.45) is 9.76. The Labute approximate surface area is 195 Å². The molecule has 0 N–H and O–H groups in total. The molecule has 1 saturated heterocycles. The molecule has 2 aliphatic heterocycles. The number of nitrogens with zero attached hydrogens (tertiary/aromatic N) is 1. The number of esters is 1. The highest BCUT2D eigenvalue weighted by Crippen LogP contribution is 2.74. The van der Waals surface area contributed by atoms with Crippen molar-refractivity contribution in [1.29, 1.82) is 0 Å². The number of carbonyl (C=O) groups excluding carboxylic acids is 1. The van der Waals surface area contributed by atoms with Crippen LogP contribution in [0.3, 0.4) is 0 Å². The Bertz CT molecular complexity index is 1060. The van der Waals surface area contributed by atoms with E-state index in [0.717, 1.165) is 43.2 Å². The summed E-state index contributed by atoms with van der Waals surface area (Å²) in [5.41, 5.74) is 1.48. The molecule has 0 unspecified atom stereocenters. The summed E-state index contributed by atoms with van der Waals surface area (Å²) in [7, 11) is 3.43. The fraction of sp³-hybridized carbons (Fsp3) is 0.667. The summed E-state index contributed by atoms with van der Waals surface area (Å²) in [5.74, 6) is 1.94. The summed E-state index contributed by atoms with van der Waals surface area (Å²) < 4.78 is 24.6. The number of piperidine rings is 1. The van der Waals surface area contributed by atoms with Crippen LogP contribution in [-0.4, -0.2) is 62.5 Å². The number of benzene rings is 1. The quantitative estimate of drug-likeness (QED) is 0.489. The van der Waals surface area contributed by atoms with Gasteiger partial charge in [-0.05, 0) is 63.1 Å². The van der Waals surface area contributed by atoms with Gasteiger partial charge in [0.05, 0.1) is 25.0 Å². The second kappa shape index (κ2) is 6.54. The van der Waals surface area contributed by atoms with Crippen molar-refractivity contribution in [2.75, 3.05) is 33.9 Å². The minimum Gasteiger partial charge on any atom is -0.493 e. The summed E-state index contributed by atoms with van der Waals surface area (Å²) in [5, 5.41) is 0. The van der Waals surface area contributed by atoms with Crippen molar-refractivity contribution in [2.24, 2.45) is 17.3 Å². The Hall–Kier alpha value is -2.05. The van der Waals surface area contributed by atoms with E-state index in [2.05, 4.69) is 29.2 Å². The lowest BCUT2D eigenvalue weighted by molar-refractivity contribution is -0.223. The van der Waals surface area contributed by atoms with Crippen LogP contribution in [0.4, 0.5) is 0 Å². The number of rotatable bonds is 6. The van der Waals surface area contributed by atoms with Gasteiger partial charge in [0.2, 0.25) is 0 Å². The van der Waals surface area contributed by atoms with E-state index in [9.17, 15) is 4.79 Å². The van der Waals surface area contributed by atoms with E-state index in [0.29, 0.717) is 12.6 Å². The first-order valence-corrected chi connectivity index (χ1v) is 12.6. The van der Waals surface area contributed by atoms with Crippen LogP contribution in [-0.2, 0) is 26.1 Å². The van der Waals surface area contributed by atoms with Crippen LogP contribution in [0, 0.1) is 17.3 Å². The number of hydrogen-bond acceptors (Lipinski definition) is 6. The van der Waals surface area contributed by atoms with Gasteiger partial charge in [0, 0.05) is 30.7 Å². The molecule has 4 bridgehead atoms.